The smallest absolute Gasteiger partial charge is 0.338 e. The predicted molar refractivity (Wildman–Crippen MR) is 206 cm³/mol. The first-order valence-corrected chi connectivity index (χ1v) is 16.7. The molecule has 7 nitrogen and oxygen atoms in total. The fourth-order valence-electron chi connectivity index (χ4n) is 7.03. The van der Waals surface area contributed by atoms with E-state index in [9.17, 15) is 9.59 Å². The highest BCUT2D eigenvalue weighted by Gasteiger charge is 2.20. The summed E-state index contributed by atoms with van der Waals surface area (Å²) in [5.74, 6) is -0.385. The van der Waals surface area contributed by atoms with E-state index in [-0.39, 0.29) is 5.97 Å². The molecule has 0 aliphatic heterocycles. The number of carbonyl (C=O) groups is 2. The van der Waals surface area contributed by atoms with E-state index in [1.54, 1.807) is 12.1 Å². The molecule has 52 heavy (non-hydrogen) atoms. The van der Waals surface area contributed by atoms with Crippen LogP contribution in [0.2, 0.25) is 0 Å². The molecule has 10 aromatic rings. The van der Waals surface area contributed by atoms with Gasteiger partial charge in [-0.05, 0) is 53.2 Å². The minimum absolute atomic E-state index is 0.385. The number of aldehydes is 1. The Morgan fingerprint density at radius 2 is 1.00 bits per heavy atom. The van der Waals surface area contributed by atoms with E-state index in [2.05, 4.69) is 34.2 Å². The van der Waals surface area contributed by atoms with E-state index in [4.69, 9.17) is 13.6 Å². The predicted octanol–water partition coefficient (Wildman–Crippen LogP) is 11.2. The fourth-order valence-corrected chi connectivity index (χ4v) is 7.03. The van der Waals surface area contributed by atoms with Crippen molar-refractivity contribution in [1.82, 2.24) is 9.97 Å². The first-order valence-electron chi connectivity index (χ1n) is 16.7. The molecule has 4 aromatic heterocycles. The summed E-state index contributed by atoms with van der Waals surface area (Å²) in [7, 11) is 1.38. The third kappa shape index (κ3) is 5.15. The van der Waals surface area contributed by atoms with E-state index in [0.717, 1.165) is 77.5 Å². The summed E-state index contributed by atoms with van der Waals surface area (Å²) < 4.78 is 16.9. The third-order valence-electron chi connectivity index (χ3n) is 9.42. The quantitative estimate of drug-likeness (QED) is 0.135. The van der Waals surface area contributed by atoms with Crippen LogP contribution in [0.25, 0.3) is 87.9 Å². The highest BCUT2D eigenvalue weighted by atomic mass is 16.5. The number of fused-ring (bicyclic) bond motifs is 8. The molecule has 0 saturated carbocycles. The molecule has 0 atom stereocenters. The van der Waals surface area contributed by atoms with Crippen molar-refractivity contribution in [1.29, 1.82) is 0 Å². The van der Waals surface area contributed by atoms with Crippen molar-refractivity contribution in [3.63, 3.8) is 0 Å². The van der Waals surface area contributed by atoms with E-state index < -0.39 is 0 Å². The molecule has 0 fully saturated rings. The molecule has 0 unspecified atom stereocenters. The number of ether oxygens (including phenoxy) is 1. The number of esters is 1. The van der Waals surface area contributed by atoms with Gasteiger partial charge in [0.15, 0.2) is 6.29 Å². The maximum atomic E-state index is 12.3. The van der Waals surface area contributed by atoms with Crippen LogP contribution in [0.5, 0.6) is 0 Å². The molecule has 0 aliphatic rings. The summed E-state index contributed by atoms with van der Waals surface area (Å²) >= 11 is 0. The first-order chi connectivity index (χ1) is 25.6. The number of carbonyl (C=O) groups excluding carboxylic acids is 2. The van der Waals surface area contributed by atoms with Crippen molar-refractivity contribution in [3.05, 3.63) is 157 Å². The minimum Gasteiger partial charge on any atom is -0.465 e. The lowest BCUT2D eigenvalue weighted by atomic mass is 9.99. The Labute approximate surface area is 296 Å². The van der Waals surface area contributed by atoms with Crippen LogP contribution in [-0.4, -0.2) is 29.3 Å². The Kier molecular flexibility index (Phi) is 7.51. The van der Waals surface area contributed by atoms with Gasteiger partial charge in [0.25, 0.3) is 0 Å². The topological polar surface area (TPSA) is 95.4 Å². The Bertz CT molecular complexity index is 3010. The van der Waals surface area contributed by atoms with Crippen LogP contribution in [-0.2, 0) is 4.74 Å². The van der Waals surface area contributed by atoms with Gasteiger partial charge in [-0.3, -0.25) is 14.8 Å². The van der Waals surface area contributed by atoms with Crippen LogP contribution in [0.15, 0.2) is 155 Å². The van der Waals surface area contributed by atoms with Crippen LogP contribution in [0.4, 0.5) is 0 Å². The van der Waals surface area contributed by atoms with Crippen molar-refractivity contribution in [2.24, 2.45) is 0 Å². The molecule has 0 radical (unpaired) electrons. The van der Waals surface area contributed by atoms with E-state index in [1.165, 1.54) is 7.11 Å². The first kappa shape index (κ1) is 30.9. The Morgan fingerprint density at radius 1 is 0.538 bits per heavy atom. The van der Waals surface area contributed by atoms with Crippen LogP contribution in [0.3, 0.4) is 0 Å². The maximum absolute atomic E-state index is 12.3. The number of benzene rings is 6. The molecular weight excluding hydrogens is 649 g/mol. The molecule has 7 heteroatoms. The van der Waals surface area contributed by atoms with Crippen LogP contribution < -0.4 is 0 Å². The number of rotatable bonds is 4. The van der Waals surface area contributed by atoms with Gasteiger partial charge in [-0.1, -0.05) is 91.0 Å². The van der Waals surface area contributed by atoms with Crippen LogP contribution in [0.1, 0.15) is 20.7 Å². The largest absolute Gasteiger partial charge is 0.465 e. The number of nitrogens with zero attached hydrogens (tertiary/aromatic N) is 2. The number of hydrogen-bond donors (Lipinski definition) is 0. The summed E-state index contributed by atoms with van der Waals surface area (Å²) in [5, 5.41) is 7.83. The second kappa shape index (κ2) is 12.6. The number of methoxy groups -OCH3 is 1. The summed E-state index contributed by atoms with van der Waals surface area (Å²) in [4.78, 5) is 33.1. The minimum atomic E-state index is -0.385. The standard InChI is InChI=1S/C23H15NO3.C22H13NO2/c1-26-23(25)17-9-5-11-20-22(17)21-16(8-4-10-19(21)27-20)18-12-14-6-2-3-7-15(14)13-24-18;24-13-16-7-3-9-19-21(16)22-17(8-4-10-20(22)25-19)18-11-14-5-1-2-6-15(14)12-23-18/h2-13H,1H3;1-13H. The molecule has 0 spiro atoms. The number of aromatic nitrogens is 2. The maximum Gasteiger partial charge on any atom is 0.338 e. The van der Waals surface area contributed by atoms with E-state index in [1.807, 2.05) is 109 Å². The third-order valence-corrected chi connectivity index (χ3v) is 9.42. The van der Waals surface area contributed by atoms with Gasteiger partial charge in [-0.2, -0.15) is 0 Å². The summed E-state index contributed by atoms with van der Waals surface area (Å²) in [6.45, 7) is 0. The molecule has 10 rings (SSSR count). The van der Waals surface area contributed by atoms with Crippen molar-refractivity contribution >= 4 is 77.7 Å². The number of hydrogen-bond acceptors (Lipinski definition) is 7. The van der Waals surface area contributed by atoms with Crippen LogP contribution in [0, 0.1) is 0 Å². The molecule has 6 aromatic carbocycles. The van der Waals surface area contributed by atoms with Crippen molar-refractivity contribution in [2.75, 3.05) is 7.11 Å². The molecular formula is C45H28N2O5. The van der Waals surface area contributed by atoms with Gasteiger partial charge in [-0.15, -0.1) is 0 Å². The molecule has 0 aliphatic carbocycles. The molecule has 0 bridgehead atoms. The molecule has 4 heterocycles. The zero-order valence-corrected chi connectivity index (χ0v) is 27.9. The van der Waals surface area contributed by atoms with Crippen LogP contribution >= 0.6 is 0 Å². The zero-order valence-electron chi connectivity index (χ0n) is 27.9. The van der Waals surface area contributed by atoms with E-state index in [0.29, 0.717) is 27.9 Å². The highest BCUT2D eigenvalue weighted by Crippen LogP contribution is 2.39. The highest BCUT2D eigenvalue weighted by molar-refractivity contribution is 6.20. The lowest BCUT2D eigenvalue weighted by Crippen LogP contribution is -2.01. The summed E-state index contributed by atoms with van der Waals surface area (Å²) in [6, 6.07) is 43.1. The van der Waals surface area contributed by atoms with Crippen molar-refractivity contribution < 1.29 is 23.2 Å². The lowest BCUT2D eigenvalue weighted by Gasteiger charge is -2.06. The average molecular weight is 677 g/mol. The molecule has 0 saturated heterocycles. The summed E-state index contributed by atoms with van der Waals surface area (Å²) in [5.41, 5.74) is 7.56. The Balaban J connectivity index is 0.000000139. The monoisotopic (exact) mass is 676 g/mol. The van der Waals surface area contributed by atoms with Gasteiger partial charge in [0, 0.05) is 61.4 Å². The summed E-state index contributed by atoms with van der Waals surface area (Å²) in [6.07, 6.45) is 4.63. The van der Waals surface area contributed by atoms with Gasteiger partial charge >= 0.3 is 5.97 Å². The van der Waals surface area contributed by atoms with Gasteiger partial charge in [-0.25, -0.2) is 4.79 Å². The normalized spacial score (nSPS) is 11.3. The second-order valence-electron chi connectivity index (χ2n) is 12.4. The van der Waals surface area contributed by atoms with Gasteiger partial charge in [0.1, 0.15) is 22.3 Å². The number of pyridine rings is 2. The van der Waals surface area contributed by atoms with Crippen molar-refractivity contribution in [3.8, 4) is 22.5 Å². The fraction of sp³-hybridized carbons (Fsp3) is 0.0222. The Hall–Kier alpha value is -7.12. The van der Waals surface area contributed by atoms with Gasteiger partial charge in [0.2, 0.25) is 0 Å². The van der Waals surface area contributed by atoms with Gasteiger partial charge in [0.05, 0.1) is 24.1 Å². The molecule has 0 N–H and O–H groups in total. The van der Waals surface area contributed by atoms with E-state index >= 15 is 0 Å². The number of furan rings is 2. The molecule has 0 amide bonds. The molecule has 248 valence electrons. The second-order valence-corrected chi connectivity index (χ2v) is 12.4. The van der Waals surface area contributed by atoms with Crippen molar-refractivity contribution in [2.45, 2.75) is 0 Å². The van der Waals surface area contributed by atoms with Gasteiger partial charge < -0.3 is 13.6 Å². The lowest BCUT2D eigenvalue weighted by molar-refractivity contribution is 0.0603. The average Bonchev–Trinajstić information content (AvgIpc) is 3.79. The Morgan fingerprint density at radius 3 is 1.54 bits per heavy atom. The SMILES string of the molecule is COC(=O)c1cccc2oc3cccc(-c4cc5ccccc5cn4)c3c12.O=Cc1cccc2oc3cccc(-c4cc5ccccc5cn4)c3c12. The zero-order chi connectivity index (χ0) is 35.2.